The summed E-state index contributed by atoms with van der Waals surface area (Å²) in [5.41, 5.74) is 0. The van der Waals surface area contributed by atoms with Crippen LogP contribution in [0.3, 0.4) is 0 Å². The van der Waals surface area contributed by atoms with Gasteiger partial charge in [-0.25, -0.2) is 8.42 Å². The summed E-state index contributed by atoms with van der Waals surface area (Å²) in [5, 5.41) is 0.195. The summed E-state index contributed by atoms with van der Waals surface area (Å²) in [6, 6.07) is 0. The highest BCUT2D eigenvalue weighted by atomic mass is 35.5. The summed E-state index contributed by atoms with van der Waals surface area (Å²) in [6.45, 7) is 5.28. The van der Waals surface area contributed by atoms with Crippen molar-refractivity contribution in [1.82, 2.24) is 0 Å². The Balaban J connectivity index is 2.50. The fourth-order valence-electron chi connectivity index (χ4n) is 1.93. The summed E-state index contributed by atoms with van der Waals surface area (Å²) in [7, 11) is -2.97. The van der Waals surface area contributed by atoms with Crippen molar-refractivity contribution in [2.45, 2.75) is 56.6 Å². The maximum atomic E-state index is 11.9. The average molecular weight is 253 g/mol. The Hall–Kier alpha value is 0.240. The molecule has 0 bridgehead atoms. The van der Waals surface area contributed by atoms with E-state index in [0.717, 1.165) is 25.7 Å². The van der Waals surface area contributed by atoms with E-state index in [4.69, 9.17) is 11.6 Å². The molecule has 4 heteroatoms. The van der Waals surface area contributed by atoms with Gasteiger partial charge in [-0.15, -0.1) is 11.6 Å². The van der Waals surface area contributed by atoms with Gasteiger partial charge < -0.3 is 0 Å². The van der Waals surface area contributed by atoms with Crippen LogP contribution in [0.25, 0.3) is 0 Å². The van der Waals surface area contributed by atoms with Crippen LogP contribution in [0, 0.1) is 5.92 Å². The van der Waals surface area contributed by atoms with Crippen molar-refractivity contribution in [2.75, 3.05) is 5.75 Å². The Morgan fingerprint density at radius 1 is 1.27 bits per heavy atom. The average Bonchev–Trinajstić information content (AvgIpc) is 2.46. The largest absolute Gasteiger partial charge is 0.228 e. The van der Waals surface area contributed by atoms with Crippen LogP contribution < -0.4 is 0 Å². The fourth-order valence-corrected chi connectivity index (χ4v) is 3.56. The number of hydrogen-bond acceptors (Lipinski definition) is 2. The van der Waals surface area contributed by atoms with Gasteiger partial charge in [0.05, 0.1) is 10.5 Å². The van der Waals surface area contributed by atoms with Gasteiger partial charge in [0.1, 0.15) is 0 Å². The van der Waals surface area contributed by atoms with Crippen LogP contribution in [0.4, 0.5) is 0 Å². The Morgan fingerprint density at radius 2 is 1.87 bits per heavy atom. The molecule has 0 amide bonds. The molecular formula is C11H21ClO2S. The summed E-state index contributed by atoms with van der Waals surface area (Å²) >= 11 is 6.13. The summed E-state index contributed by atoms with van der Waals surface area (Å²) in [5.74, 6) is 0.688. The number of rotatable bonds is 3. The van der Waals surface area contributed by atoms with Crippen LogP contribution in [0.15, 0.2) is 0 Å². The monoisotopic (exact) mass is 252 g/mol. The lowest BCUT2D eigenvalue weighted by atomic mass is 10.1. The lowest BCUT2D eigenvalue weighted by Crippen LogP contribution is -2.31. The molecule has 0 aromatic rings. The van der Waals surface area contributed by atoms with E-state index in [-0.39, 0.29) is 11.1 Å². The first-order valence-electron chi connectivity index (χ1n) is 5.60. The maximum Gasteiger partial charge on any atom is 0.155 e. The van der Waals surface area contributed by atoms with Crippen molar-refractivity contribution < 1.29 is 8.42 Å². The zero-order valence-electron chi connectivity index (χ0n) is 9.79. The molecule has 1 rings (SSSR count). The topological polar surface area (TPSA) is 34.1 Å². The summed E-state index contributed by atoms with van der Waals surface area (Å²) < 4.78 is 23.1. The van der Waals surface area contributed by atoms with Gasteiger partial charge >= 0.3 is 0 Å². The van der Waals surface area contributed by atoms with E-state index >= 15 is 0 Å². The minimum Gasteiger partial charge on any atom is -0.228 e. The first-order valence-corrected chi connectivity index (χ1v) is 7.69. The second-order valence-electron chi connectivity index (χ2n) is 5.43. The van der Waals surface area contributed by atoms with Gasteiger partial charge in [-0.2, -0.15) is 0 Å². The molecular weight excluding hydrogens is 232 g/mol. The van der Waals surface area contributed by atoms with E-state index in [9.17, 15) is 8.42 Å². The molecule has 90 valence electrons. The van der Waals surface area contributed by atoms with Gasteiger partial charge in [0.15, 0.2) is 9.84 Å². The molecule has 0 N–H and O–H groups in total. The van der Waals surface area contributed by atoms with Crippen LogP contribution in [-0.4, -0.2) is 24.3 Å². The Kier molecular flexibility index (Phi) is 4.10. The standard InChI is InChI=1S/C11H21ClO2S/c1-11(2,3)15(13,14)8-7-9-5-4-6-10(9)12/h9-10H,4-8H2,1-3H3. The maximum absolute atomic E-state index is 11.9. The van der Waals surface area contributed by atoms with Gasteiger partial charge in [-0.1, -0.05) is 6.42 Å². The Morgan fingerprint density at radius 3 is 2.27 bits per heavy atom. The van der Waals surface area contributed by atoms with E-state index in [1.54, 1.807) is 20.8 Å². The first kappa shape index (κ1) is 13.3. The number of hydrogen-bond donors (Lipinski definition) is 0. The third-order valence-electron chi connectivity index (χ3n) is 3.26. The van der Waals surface area contributed by atoms with Crippen molar-refractivity contribution in [3.63, 3.8) is 0 Å². The van der Waals surface area contributed by atoms with Crippen molar-refractivity contribution in [1.29, 1.82) is 0 Å². The van der Waals surface area contributed by atoms with E-state index in [2.05, 4.69) is 0 Å². The van der Waals surface area contributed by atoms with E-state index in [1.165, 1.54) is 0 Å². The highest BCUT2D eigenvalue weighted by Gasteiger charge is 2.32. The third-order valence-corrected chi connectivity index (χ3v) is 6.47. The predicted molar refractivity (Wildman–Crippen MR) is 65.1 cm³/mol. The minimum atomic E-state index is -2.97. The molecule has 0 aromatic carbocycles. The molecule has 2 atom stereocenters. The molecule has 1 saturated carbocycles. The zero-order valence-corrected chi connectivity index (χ0v) is 11.4. The summed E-state index contributed by atoms with van der Waals surface area (Å²) in [4.78, 5) is 0. The van der Waals surface area contributed by atoms with E-state index in [0.29, 0.717) is 5.92 Å². The lowest BCUT2D eigenvalue weighted by molar-refractivity contribution is 0.514. The summed E-state index contributed by atoms with van der Waals surface area (Å²) in [6.07, 6.45) is 4.01. The molecule has 0 saturated heterocycles. The van der Waals surface area contributed by atoms with Gasteiger partial charge in [-0.3, -0.25) is 0 Å². The van der Waals surface area contributed by atoms with Crippen molar-refractivity contribution >= 4 is 21.4 Å². The molecule has 1 aliphatic rings. The molecule has 0 aromatic heterocycles. The molecule has 1 aliphatic carbocycles. The van der Waals surface area contributed by atoms with E-state index < -0.39 is 14.6 Å². The SMILES string of the molecule is CC(C)(C)S(=O)(=O)CCC1CCCC1Cl. The molecule has 0 aliphatic heterocycles. The van der Waals surface area contributed by atoms with Crippen LogP contribution in [0.5, 0.6) is 0 Å². The second-order valence-corrected chi connectivity index (χ2v) is 8.85. The van der Waals surface area contributed by atoms with Gasteiger partial charge in [0.25, 0.3) is 0 Å². The van der Waals surface area contributed by atoms with Gasteiger partial charge in [-0.05, 0) is 46.0 Å². The fraction of sp³-hybridized carbons (Fsp3) is 1.00. The Labute approximate surface area is 98.3 Å². The van der Waals surface area contributed by atoms with Crippen LogP contribution >= 0.6 is 11.6 Å². The van der Waals surface area contributed by atoms with Gasteiger partial charge in [0.2, 0.25) is 0 Å². The highest BCUT2D eigenvalue weighted by Crippen LogP contribution is 2.33. The number of alkyl halides is 1. The molecule has 0 radical (unpaired) electrons. The quantitative estimate of drug-likeness (QED) is 0.724. The zero-order chi connectivity index (χ0) is 11.7. The number of halogens is 1. The van der Waals surface area contributed by atoms with Crippen LogP contribution in [0.1, 0.15) is 46.5 Å². The van der Waals surface area contributed by atoms with Crippen molar-refractivity contribution in [3.8, 4) is 0 Å². The van der Waals surface area contributed by atoms with E-state index in [1.807, 2.05) is 0 Å². The van der Waals surface area contributed by atoms with Gasteiger partial charge in [0, 0.05) is 5.38 Å². The predicted octanol–water partition coefficient (Wildman–Crippen LogP) is 3.00. The minimum absolute atomic E-state index is 0.195. The third kappa shape index (κ3) is 3.35. The molecule has 0 heterocycles. The molecule has 1 fully saturated rings. The van der Waals surface area contributed by atoms with Crippen LogP contribution in [-0.2, 0) is 9.84 Å². The highest BCUT2D eigenvalue weighted by molar-refractivity contribution is 7.92. The van der Waals surface area contributed by atoms with Crippen molar-refractivity contribution in [2.24, 2.45) is 5.92 Å². The molecule has 15 heavy (non-hydrogen) atoms. The lowest BCUT2D eigenvalue weighted by Gasteiger charge is -2.21. The Bertz CT molecular complexity index is 303. The number of sulfone groups is 1. The second kappa shape index (κ2) is 4.62. The normalized spacial score (nSPS) is 28.3. The molecule has 0 spiro atoms. The molecule has 2 nitrogen and oxygen atoms in total. The first-order chi connectivity index (χ1) is 6.74. The van der Waals surface area contributed by atoms with Crippen molar-refractivity contribution in [3.05, 3.63) is 0 Å². The smallest absolute Gasteiger partial charge is 0.155 e. The van der Waals surface area contributed by atoms with Crippen LogP contribution in [0.2, 0.25) is 0 Å². The molecule has 2 unspecified atom stereocenters.